The Kier molecular flexibility index (Phi) is 5.30. The van der Waals surface area contributed by atoms with Crippen LogP contribution in [0.25, 0.3) is 11.4 Å². The summed E-state index contributed by atoms with van der Waals surface area (Å²) in [5.74, 6) is 2.61. The number of carbonyl (C=O) groups excluding carboxylic acids is 1. The van der Waals surface area contributed by atoms with Crippen molar-refractivity contribution in [1.82, 2.24) is 14.8 Å². The van der Waals surface area contributed by atoms with Crippen molar-refractivity contribution in [3.05, 3.63) is 42.5 Å². The van der Waals surface area contributed by atoms with Crippen LogP contribution in [0.2, 0.25) is 0 Å². The number of ether oxygens (including phenoxy) is 3. The topological polar surface area (TPSA) is 87.5 Å². The summed E-state index contributed by atoms with van der Waals surface area (Å²) in [6.45, 7) is 2.02. The van der Waals surface area contributed by atoms with Crippen LogP contribution in [0.4, 0.5) is 5.69 Å². The van der Waals surface area contributed by atoms with Gasteiger partial charge in [-0.25, -0.2) is 0 Å². The van der Waals surface area contributed by atoms with Gasteiger partial charge in [-0.3, -0.25) is 4.79 Å². The molecule has 2 heterocycles. The molecule has 3 aromatic rings. The summed E-state index contributed by atoms with van der Waals surface area (Å²) in [6, 6.07) is 12.9. The Labute approximate surface area is 172 Å². The number of fused-ring (bicyclic) bond motifs is 1. The Bertz CT molecular complexity index is 1050. The number of nitrogens with zero attached hydrogens (tertiary/aromatic N) is 3. The molecule has 0 aliphatic carbocycles. The highest BCUT2D eigenvalue weighted by Crippen LogP contribution is 2.34. The highest BCUT2D eigenvalue weighted by Gasteiger charge is 2.21. The molecule has 0 bridgehead atoms. The maximum atomic E-state index is 12.6. The molecular formula is C20H20N4O4S. The van der Waals surface area contributed by atoms with E-state index in [1.807, 2.05) is 42.8 Å². The van der Waals surface area contributed by atoms with Crippen LogP contribution < -0.4 is 19.5 Å². The number of carbonyl (C=O) groups is 1. The van der Waals surface area contributed by atoms with Crippen LogP contribution in [-0.2, 0) is 11.8 Å². The number of hydrogen-bond acceptors (Lipinski definition) is 7. The summed E-state index contributed by atoms with van der Waals surface area (Å²) in [5.41, 5.74) is 1.55. The van der Waals surface area contributed by atoms with Crippen molar-refractivity contribution in [3.8, 4) is 28.6 Å². The van der Waals surface area contributed by atoms with Crippen LogP contribution in [-0.4, -0.2) is 39.8 Å². The van der Waals surface area contributed by atoms with Gasteiger partial charge in [0.1, 0.15) is 5.75 Å². The molecule has 150 valence electrons. The quantitative estimate of drug-likeness (QED) is 0.621. The van der Waals surface area contributed by atoms with Gasteiger partial charge in [0.15, 0.2) is 22.5 Å². The Balaban J connectivity index is 1.45. The van der Waals surface area contributed by atoms with E-state index in [1.165, 1.54) is 11.8 Å². The molecule has 0 unspecified atom stereocenters. The number of methoxy groups -OCH3 is 1. The number of rotatable bonds is 6. The van der Waals surface area contributed by atoms with E-state index in [0.717, 1.165) is 11.3 Å². The second-order valence-corrected chi connectivity index (χ2v) is 7.72. The third kappa shape index (κ3) is 4.00. The van der Waals surface area contributed by atoms with Crippen molar-refractivity contribution < 1.29 is 19.0 Å². The second kappa shape index (κ2) is 8.04. The van der Waals surface area contributed by atoms with E-state index >= 15 is 0 Å². The van der Waals surface area contributed by atoms with E-state index in [4.69, 9.17) is 14.2 Å². The zero-order valence-electron chi connectivity index (χ0n) is 16.2. The molecule has 2 aromatic carbocycles. The van der Waals surface area contributed by atoms with Crippen LogP contribution in [0.1, 0.15) is 6.92 Å². The van der Waals surface area contributed by atoms with E-state index in [1.54, 1.807) is 25.3 Å². The first-order valence-electron chi connectivity index (χ1n) is 8.96. The van der Waals surface area contributed by atoms with Gasteiger partial charge in [0.05, 0.1) is 12.4 Å². The fraction of sp³-hybridized carbons (Fsp3) is 0.250. The van der Waals surface area contributed by atoms with Gasteiger partial charge < -0.3 is 24.1 Å². The predicted molar refractivity (Wildman–Crippen MR) is 110 cm³/mol. The molecule has 1 aromatic heterocycles. The summed E-state index contributed by atoms with van der Waals surface area (Å²) < 4.78 is 17.8. The molecule has 8 nitrogen and oxygen atoms in total. The van der Waals surface area contributed by atoms with Gasteiger partial charge in [-0.1, -0.05) is 23.9 Å². The summed E-state index contributed by atoms with van der Waals surface area (Å²) in [5, 5.41) is 11.7. The molecule has 1 aliphatic rings. The van der Waals surface area contributed by atoms with E-state index in [9.17, 15) is 4.79 Å². The molecular weight excluding hydrogens is 392 g/mol. The van der Waals surface area contributed by atoms with Gasteiger partial charge in [0.2, 0.25) is 12.7 Å². The third-order valence-electron chi connectivity index (χ3n) is 4.45. The maximum absolute atomic E-state index is 12.6. The van der Waals surface area contributed by atoms with Crippen LogP contribution in [0.3, 0.4) is 0 Å². The zero-order chi connectivity index (χ0) is 20.4. The molecule has 1 amide bonds. The van der Waals surface area contributed by atoms with Gasteiger partial charge in [0.25, 0.3) is 0 Å². The van der Waals surface area contributed by atoms with Crippen LogP contribution in [0.15, 0.2) is 47.6 Å². The van der Waals surface area contributed by atoms with Gasteiger partial charge >= 0.3 is 0 Å². The molecule has 1 aliphatic heterocycles. The van der Waals surface area contributed by atoms with Gasteiger partial charge in [-0.2, -0.15) is 0 Å². The standard InChI is InChI=1S/C20H20N4O4S/c1-12(19(25)21-14-7-8-16-17(10-14)28-11-27-16)29-20-23-22-18(24(20)2)13-5-4-6-15(9-13)26-3/h4-10,12H,11H2,1-3H3,(H,21,25)/t12-/m1/s1. The summed E-state index contributed by atoms with van der Waals surface area (Å²) in [4.78, 5) is 12.6. The molecule has 1 N–H and O–H groups in total. The second-order valence-electron chi connectivity index (χ2n) is 6.41. The first kappa shape index (κ1) is 19.1. The summed E-state index contributed by atoms with van der Waals surface area (Å²) >= 11 is 1.34. The minimum atomic E-state index is -0.374. The van der Waals surface area contributed by atoms with E-state index in [-0.39, 0.29) is 18.0 Å². The molecule has 9 heteroatoms. The largest absolute Gasteiger partial charge is 0.497 e. The smallest absolute Gasteiger partial charge is 0.237 e. The van der Waals surface area contributed by atoms with Gasteiger partial charge in [-0.05, 0) is 31.2 Å². The highest BCUT2D eigenvalue weighted by atomic mass is 32.2. The lowest BCUT2D eigenvalue weighted by Crippen LogP contribution is -2.22. The molecule has 29 heavy (non-hydrogen) atoms. The molecule has 1 atom stereocenters. The number of thioether (sulfide) groups is 1. The summed E-state index contributed by atoms with van der Waals surface area (Å²) in [6.07, 6.45) is 0. The fourth-order valence-electron chi connectivity index (χ4n) is 2.86. The SMILES string of the molecule is COc1cccc(-c2nnc(S[C@H](C)C(=O)Nc3ccc4c(c3)OCO4)n2C)c1. The van der Waals surface area contributed by atoms with Crippen molar-refractivity contribution in [2.45, 2.75) is 17.3 Å². The third-order valence-corrected chi connectivity index (χ3v) is 5.59. The Morgan fingerprint density at radius 1 is 1.21 bits per heavy atom. The number of nitrogens with one attached hydrogen (secondary N) is 1. The minimum Gasteiger partial charge on any atom is -0.497 e. The average Bonchev–Trinajstić information content (AvgIpc) is 3.34. The first-order chi connectivity index (χ1) is 14.0. The van der Waals surface area contributed by atoms with E-state index < -0.39 is 0 Å². The number of benzene rings is 2. The zero-order valence-corrected chi connectivity index (χ0v) is 17.0. The van der Waals surface area contributed by atoms with Crippen molar-refractivity contribution in [2.75, 3.05) is 19.2 Å². The predicted octanol–water partition coefficient (Wildman–Crippen LogP) is 3.34. The number of anilines is 1. The Hall–Kier alpha value is -3.20. The van der Waals surface area contributed by atoms with E-state index in [2.05, 4.69) is 15.5 Å². The van der Waals surface area contributed by atoms with Crippen molar-refractivity contribution in [1.29, 1.82) is 0 Å². The molecule has 4 rings (SSSR count). The molecule has 0 fully saturated rings. The monoisotopic (exact) mass is 412 g/mol. The van der Waals surface area contributed by atoms with E-state index in [0.29, 0.717) is 28.2 Å². The summed E-state index contributed by atoms with van der Waals surface area (Å²) in [7, 11) is 3.50. The van der Waals surface area contributed by atoms with Crippen LogP contribution in [0, 0.1) is 0 Å². The molecule has 0 saturated heterocycles. The number of aromatic nitrogens is 3. The first-order valence-corrected chi connectivity index (χ1v) is 9.84. The lowest BCUT2D eigenvalue weighted by Gasteiger charge is -2.12. The Morgan fingerprint density at radius 2 is 2.03 bits per heavy atom. The highest BCUT2D eigenvalue weighted by molar-refractivity contribution is 8.00. The van der Waals surface area contributed by atoms with Crippen molar-refractivity contribution >= 4 is 23.4 Å². The maximum Gasteiger partial charge on any atom is 0.237 e. The fourth-order valence-corrected chi connectivity index (χ4v) is 3.68. The van der Waals surface area contributed by atoms with Gasteiger partial charge in [-0.15, -0.1) is 10.2 Å². The lowest BCUT2D eigenvalue weighted by atomic mass is 10.2. The number of amides is 1. The minimum absolute atomic E-state index is 0.139. The lowest BCUT2D eigenvalue weighted by molar-refractivity contribution is -0.115. The average molecular weight is 412 g/mol. The van der Waals surface area contributed by atoms with Crippen LogP contribution in [0.5, 0.6) is 17.2 Å². The number of hydrogen-bond donors (Lipinski definition) is 1. The van der Waals surface area contributed by atoms with Gasteiger partial charge in [0, 0.05) is 24.4 Å². The molecule has 0 radical (unpaired) electrons. The molecule has 0 spiro atoms. The van der Waals surface area contributed by atoms with Crippen molar-refractivity contribution in [2.24, 2.45) is 7.05 Å². The Morgan fingerprint density at radius 3 is 2.86 bits per heavy atom. The van der Waals surface area contributed by atoms with Crippen molar-refractivity contribution in [3.63, 3.8) is 0 Å². The van der Waals surface area contributed by atoms with Crippen LogP contribution >= 0.6 is 11.8 Å². The molecule has 0 saturated carbocycles. The normalized spacial score (nSPS) is 13.2.